The fourth-order valence-corrected chi connectivity index (χ4v) is 2.31. The van der Waals surface area contributed by atoms with Crippen molar-refractivity contribution < 1.29 is 0 Å². The predicted molar refractivity (Wildman–Crippen MR) is 82.8 cm³/mol. The van der Waals surface area contributed by atoms with Crippen molar-refractivity contribution in [2.75, 3.05) is 5.32 Å². The van der Waals surface area contributed by atoms with Gasteiger partial charge in [0, 0.05) is 17.8 Å². The van der Waals surface area contributed by atoms with Crippen LogP contribution in [-0.2, 0) is 0 Å². The highest BCUT2D eigenvalue weighted by Crippen LogP contribution is 2.23. The molecule has 0 aliphatic carbocycles. The maximum atomic E-state index is 4.71. The Kier molecular flexibility index (Phi) is 3.33. The molecule has 3 aromatic rings. The molecule has 1 atom stereocenters. The minimum absolute atomic E-state index is 0.199. The molecule has 0 radical (unpaired) electrons. The van der Waals surface area contributed by atoms with Gasteiger partial charge in [-0.15, -0.1) is 0 Å². The average molecular weight is 263 g/mol. The minimum atomic E-state index is 0.199. The third kappa shape index (κ3) is 2.48. The number of nitrogens with one attached hydrogen (secondary N) is 1. The molecule has 100 valence electrons. The fraction of sp³-hybridized carbons (Fsp3) is 0.176. The van der Waals surface area contributed by atoms with Crippen molar-refractivity contribution in [1.29, 1.82) is 0 Å². The normalized spacial score (nSPS) is 12.3. The Bertz CT molecular complexity index is 723. The summed E-state index contributed by atoms with van der Waals surface area (Å²) in [7, 11) is 0. The van der Waals surface area contributed by atoms with Crippen LogP contribution in [0.2, 0.25) is 0 Å². The van der Waals surface area contributed by atoms with Crippen LogP contribution in [0.5, 0.6) is 0 Å². The maximum Gasteiger partial charge on any atom is 0.130 e. The van der Waals surface area contributed by atoms with E-state index in [2.05, 4.69) is 36.3 Å². The molecule has 1 N–H and O–H groups in total. The standard InChI is InChI=1S/C17H17N3/c1-12-11-15-5-3-4-6-16(15)20-17(12)19-13(2)14-7-9-18-10-8-14/h3-11,13H,1-2H3,(H,19,20). The van der Waals surface area contributed by atoms with Gasteiger partial charge in [0.25, 0.3) is 0 Å². The third-order valence-electron chi connectivity index (χ3n) is 3.47. The largest absolute Gasteiger partial charge is 0.363 e. The van der Waals surface area contributed by atoms with E-state index in [9.17, 15) is 0 Å². The zero-order valence-corrected chi connectivity index (χ0v) is 11.7. The van der Waals surface area contributed by atoms with Crippen molar-refractivity contribution >= 4 is 16.7 Å². The Morgan fingerprint density at radius 1 is 1.05 bits per heavy atom. The molecular formula is C17H17N3. The summed E-state index contributed by atoms with van der Waals surface area (Å²) in [5.74, 6) is 0.938. The first-order chi connectivity index (χ1) is 9.74. The molecule has 0 bridgehead atoms. The minimum Gasteiger partial charge on any atom is -0.363 e. The number of pyridine rings is 2. The van der Waals surface area contributed by atoms with E-state index in [1.165, 1.54) is 10.9 Å². The molecule has 0 amide bonds. The fourth-order valence-electron chi connectivity index (χ4n) is 2.31. The Hall–Kier alpha value is -2.42. The van der Waals surface area contributed by atoms with Gasteiger partial charge in [-0.05, 0) is 49.2 Å². The first-order valence-electron chi connectivity index (χ1n) is 6.77. The molecule has 1 aromatic carbocycles. The van der Waals surface area contributed by atoms with Crippen LogP contribution in [0.4, 0.5) is 5.82 Å². The van der Waals surface area contributed by atoms with Crippen LogP contribution in [0.15, 0.2) is 54.9 Å². The summed E-state index contributed by atoms with van der Waals surface area (Å²) >= 11 is 0. The second-order valence-corrected chi connectivity index (χ2v) is 4.99. The Morgan fingerprint density at radius 2 is 1.80 bits per heavy atom. The molecular weight excluding hydrogens is 246 g/mol. The summed E-state index contributed by atoms with van der Waals surface area (Å²) in [6.07, 6.45) is 3.63. The number of aromatic nitrogens is 2. The second kappa shape index (κ2) is 5.29. The van der Waals surface area contributed by atoms with E-state index in [0.29, 0.717) is 0 Å². The molecule has 3 heteroatoms. The monoisotopic (exact) mass is 263 g/mol. The van der Waals surface area contributed by atoms with Gasteiger partial charge in [0.15, 0.2) is 0 Å². The number of hydrogen-bond acceptors (Lipinski definition) is 3. The van der Waals surface area contributed by atoms with Gasteiger partial charge in [-0.1, -0.05) is 18.2 Å². The van der Waals surface area contributed by atoms with Gasteiger partial charge < -0.3 is 5.32 Å². The summed E-state index contributed by atoms with van der Waals surface area (Å²) in [6, 6.07) is 14.6. The van der Waals surface area contributed by atoms with Crippen molar-refractivity contribution in [2.24, 2.45) is 0 Å². The highest BCUT2D eigenvalue weighted by molar-refractivity contribution is 5.81. The van der Waals surface area contributed by atoms with Crippen molar-refractivity contribution in [3.05, 3.63) is 66.0 Å². The number of anilines is 1. The lowest BCUT2D eigenvalue weighted by molar-refractivity contribution is 0.870. The number of benzene rings is 1. The van der Waals surface area contributed by atoms with Gasteiger partial charge >= 0.3 is 0 Å². The van der Waals surface area contributed by atoms with Crippen LogP contribution in [0.25, 0.3) is 10.9 Å². The van der Waals surface area contributed by atoms with E-state index >= 15 is 0 Å². The lowest BCUT2D eigenvalue weighted by Crippen LogP contribution is -2.09. The second-order valence-electron chi connectivity index (χ2n) is 4.99. The number of nitrogens with zero attached hydrogens (tertiary/aromatic N) is 2. The van der Waals surface area contributed by atoms with Gasteiger partial charge in [0.1, 0.15) is 5.82 Å². The summed E-state index contributed by atoms with van der Waals surface area (Å²) in [4.78, 5) is 8.76. The van der Waals surface area contributed by atoms with Gasteiger partial charge in [-0.2, -0.15) is 0 Å². The average Bonchev–Trinajstić information content (AvgIpc) is 2.49. The molecule has 0 saturated carbocycles. The van der Waals surface area contributed by atoms with Gasteiger partial charge in [0.05, 0.1) is 11.6 Å². The molecule has 1 unspecified atom stereocenters. The lowest BCUT2D eigenvalue weighted by Gasteiger charge is -2.17. The molecule has 3 rings (SSSR count). The molecule has 20 heavy (non-hydrogen) atoms. The number of rotatable bonds is 3. The molecule has 2 heterocycles. The van der Waals surface area contributed by atoms with E-state index in [4.69, 9.17) is 4.98 Å². The van der Waals surface area contributed by atoms with Crippen molar-refractivity contribution in [3.8, 4) is 0 Å². The molecule has 2 aromatic heterocycles. The summed E-state index contributed by atoms with van der Waals surface area (Å²) < 4.78 is 0. The van der Waals surface area contributed by atoms with Crippen LogP contribution >= 0.6 is 0 Å². The molecule has 0 spiro atoms. The molecule has 0 aliphatic heterocycles. The molecule has 0 saturated heterocycles. The van der Waals surface area contributed by atoms with E-state index in [0.717, 1.165) is 16.9 Å². The highest BCUT2D eigenvalue weighted by atomic mass is 15.0. The van der Waals surface area contributed by atoms with Crippen LogP contribution in [-0.4, -0.2) is 9.97 Å². The highest BCUT2D eigenvalue weighted by Gasteiger charge is 2.08. The zero-order chi connectivity index (χ0) is 13.9. The van der Waals surface area contributed by atoms with Crippen LogP contribution in [0, 0.1) is 6.92 Å². The van der Waals surface area contributed by atoms with Crippen LogP contribution in [0.1, 0.15) is 24.1 Å². The first kappa shape index (κ1) is 12.6. The number of hydrogen-bond donors (Lipinski definition) is 1. The molecule has 0 fully saturated rings. The number of fused-ring (bicyclic) bond motifs is 1. The van der Waals surface area contributed by atoms with Crippen molar-refractivity contribution in [1.82, 2.24) is 9.97 Å². The maximum absolute atomic E-state index is 4.71. The Labute approximate surface area is 118 Å². The predicted octanol–water partition coefficient (Wildman–Crippen LogP) is 4.11. The third-order valence-corrected chi connectivity index (χ3v) is 3.47. The van der Waals surface area contributed by atoms with Crippen molar-refractivity contribution in [2.45, 2.75) is 19.9 Å². The molecule has 3 nitrogen and oxygen atoms in total. The summed E-state index contributed by atoms with van der Waals surface area (Å²) in [5, 5.41) is 4.65. The Morgan fingerprint density at radius 3 is 2.60 bits per heavy atom. The summed E-state index contributed by atoms with van der Waals surface area (Å²) in [6.45, 7) is 4.21. The van der Waals surface area contributed by atoms with E-state index in [1.807, 2.05) is 42.7 Å². The lowest BCUT2D eigenvalue weighted by atomic mass is 10.1. The SMILES string of the molecule is Cc1cc2ccccc2nc1NC(C)c1ccncc1. The van der Waals surface area contributed by atoms with E-state index in [-0.39, 0.29) is 6.04 Å². The molecule has 0 aliphatic rings. The smallest absolute Gasteiger partial charge is 0.130 e. The van der Waals surface area contributed by atoms with Gasteiger partial charge in [-0.25, -0.2) is 4.98 Å². The first-order valence-corrected chi connectivity index (χ1v) is 6.77. The van der Waals surface area contributed by atoms with E-state index < -0.39 is 0 Å². The topological polar surface area (TPSA) is 37.8 Å². The Balaban J connectivity index is 1.92. The number of aryl methyl sites for hydroxylation is 1. The zero-order valence-electron chi connectivity index (χ0n) is 11.7. The summed E-state index contributed by atoms with van der Waals surface area (Å²) in [5.41, 5.74) is 3.38. The quantitative estimate of drug-likeness (QED) is 0.772. The van der Waals surface area contributed by atoms with E-state index in [1.54, 1.807) is 0 Å². The van der Waals surface area contributed by atoms with Gasteiger partial charge in [-0.3, -0.25) is 4.98 Å². The van der Waals surface area contributed by atoms with Crippen LogP contribution < -0.4 is 5.32 Å². The van der Waals surface area contributed by atoms with Gasteiger partial charge in [0.2, 0.25) is 0 Å². The van der Waals surface area contributed by atoms with Crippen LogP contribution in [0.3, 0.4) is 0 Å². The van der Waals surface area contributed by atoms with Crippen molar-refractivity contribution in [3.63, 3.8) is 0 Å². The number of para-hydroxylation sites is 1.